The minimum absolute atomic E-state index is 0.183. The number of piperidine rings is 1. The Labute approximate surface area is 182 Å². The zero-order valence-electron chi connectivity index (χ0n) is 18.3. The first-order valence-electron chi connectivity index (χ1n) is 10.6. The van der Waals surface area contributed by atoms with Crippen LogP contribution in [0.3, 0.4) is 0 Å². The van der Waals surface area contributed by atoms with Gasteiger partial charge in [-0.1, -0.05) is 0 Å². The van der Waals surface area contributed by atoms with Crippen LogP contribution in [0.5, 0.6) is 11.5 Å². The van der Waals surface area contributed by atoms with Gasteiger partial charge in [-0.05, 0) is 31.9 Å². The van der Waals surface area contributed by atoms with Gasteiger partial charge in [0, 0.05) is 55.8 Å². The van der Waals surface area contributed by atoms with Crippen LogP contribution in [0.2, 0.25) is 0 Å². The summed E-state index contributed by atoms with van der Waals surface area (Å²) in [5.74, 6) is 2.65. The highest BCUT2D eigenvalue weighted by molar-refractivity contribution is 5.86. The number of carbonyl (C=O) groups is 1. The van der Waals surface area contributed by atoms with Gasteiger partial charge in [0.05, 0.1) is 31.1 Å². The van der Waals surface area contributed by atoms with E-state index in [4.69, 9.17) is 20.2 Å². The van der Waals surface area contributed by atoms with Crippen LogP contribution in [0.4, 0.5) is 5.69 Å². The van der Waals surface area contributed by atoms with Gasteiger partial charge in [0.15, 0.2) is 11.5 Å². The van der Waals surface area contributed by atoms with E-state index in [1.54, 1.807) is 20.4 Å². The number of amides is 1. The van der Waals surface area contributed by atoms with Gasteiger partial charge in [-0.15, -0.1) is 0 Å². The summed E-state index contributed by atoms with van der Waals surface area (Å²) in [5, 5.41) is 0.918. The molecule has 4 rings (SSSR count). The lowest BCUT2D eigenvalue weighted by molar-refractivity contribution is -0.132. The number of nitrogens with two attached hydrogens (primary N) is 1. The van der Waals surface area contributed by atoms with E-state index < -0.39 is 0 Å². The molecule has 1 aromatic carbocycles. The Bertz CT molecular complexity index is 1090. The van der Waals surface area contributed by atoms with Crippen molar-refractivity contribution >= 4 is 22.5 Å². The number of nitrogen functional groups attached to an aromatic ring is 1. The van der Waals surface area contributed by atoms with Crippen LogP contribution in [-0.4, -0.2) is 52.7 Å². The Morgan fingerprint density at radius 2 is 1.87 bits per heavy atom. The molecule has 1 amide bonds. The number of rotatable bonds is 6. The average Bonchev–Trinajstić information content (AvgIpc) is 3.20. The van der Waals surface area contributed by atoms with Crippen molar-refractivity contribution in [1.29, 1.82) is 0 Å². The molecule has 31 heavy (non-hydrogen) atoms. The molecule has 0 radical (unpaired) electrons. The van der Waals surface area contributed by atoms with E-state index in [9.17, 15) is 4.79 Å². The van der Waals surface area contributed by atoms with Gasteiger partial charge in [0.2, 0.25) is 5.91 Å². The molecular weight excluding hydrogens is 394 g/mol. The van der Waals surface area contributed by atoms with E-state index in [-0.39, 0.29) is 11.8 Å². The van der Waals surface area contributed by atoms with Crippen LogP contribution < -0.4 is 15.2 Å². The first-order valence-corrected chi connectivity index (χ1v) is 10.6. The molecule has 8 heteroatoms. The molecule has 0 spiro atoms. The predicted molar refractivity (Wildman–Crippen MR) is 119 cm³/mol. The second kappa shape index (κ2) is 8.83. The highest BCUT2D eigenvalue weighted by atomic mass is 16.5. The largest absolute Gasteiger partial charge is 0.493 e. The number of methoxy groups -OCH3 is 2. The van der Waals surface area contributed by atoms with Crippen molar-refractivity contribution in [3.05, 3.63) is 42.1 Å². The molecule has 0 atom stereocenters. The molecule has 0 saturated carbocycles. The Balaban J connectivity index is 1.43. The number of pyridine rings is 1. The zero-order chi connectivity index (χ0) is 22.0. The Hall–Kier alpha value is -3.29. The fourth-order valence-electron chi connectivity index (χ4n) is 4.28. The molecule has 2 aromatic heterocycles. The summed E-state index contributed by atoms with van der Waals surface area (Å²) >= 11 is 0. The summed E-state index contributed by atoms with van der Waals surface area (Å²) < 4.78 is 12.8. The van der Waals surface area contributed by atoms with E-state index >= 15 is 0 Å². The lowest BCUT2D eigenvalue weighted by Crippen LogP contribution is -2.38. The van der Waals surface area contributed by atoms with Crippen LogP contribution in [0, 0.1) is 6.92 Å². The second-order valence-corrected chi connectivity index (χ2v) is 7.94. The molecule has 164 valence electrons. The van der Waals surface area contributed by atoms with Crippen LogP contribution in [0.25, 0.3) is 10.9 Å². The first kappa shape index (κ1) is 21.0. The molecule has 8 nitrogen and oxygen atoms in total. The molecule has 3 heterocycles. The van der Waals surface area contributed by atoms with Crippen molar-refractivity contribution in [2.24, 2.45) is 0 Å². The van der Waals surface area contributed by atoms with Crippen LogP contribution in [0.1, 0.15) is 36.7 Å². The molecule has 1 aliphatic heterocycles. The predicted octanol–water partition coefficient (Wildman–Crippen LogP) is 3.14. The summed E-state index contributed by atoms with van der Waals surface area (Å²) in [6.07, 6.45) is 5.86. The molecule has 2 N–H and O–H groups in total. The minimum Gasteiger partial charge on any atom is -0.493 e. The summed E-state index contributed by atoms with van der Waals surface area (Å²) in [6, 6.07) is 5.73. The zero-order valence-corrected chi connectivity index (χ0v) is 18.3. The van der Waals surface area contributed by atoms with Crippen molar-refractivity contribution in [2.75, 3.05) is 33.0 Å². The summed E-state index contributed by atoms with van der Waals surface area (Å²) in [4.78, 5) is 23.7. The molecule has 0 aliphatic carbocycles. The molecular formula is C23H29N5O3. The van der Waals surface area contributed by atoms with Crippen molar-refractivity contribution < 1.29 is 14.3 Å². The first-order chi connectivity index (χ1) is 15.0. The van der Waals surface area contributed by atoms with Crippen molar-refractivity contribution in [2.45, 2.75) is 38.6 Å². The van der Waals surface area contributed by atoms with Gasteiger partial charge >= 0.3 is 0 Å². The normalized spacial score (nSPS) is 14.7. The molecule has 1 saturated heterocycles. The number of hydrogen-bond acceptors (Lipinski definition) is 6. The SMILES string of the molecule is COc1cc2cc(N)c(C3CCN(C(=O)CCn4ccnc4C)CC3)nc2cc1OC. The lowest BCUT2D eigenvalue weighted by atomic mass is 9.91. The minimum atomic E-state index is 0.183. The average molecular weight is 424 g/mol. The van der Waals surface area contributed by atoms with Gasteiger partial charge in [0.25, 0.3) is 0 Å². The molecule has 0 bridgehead atoms. The third-order valence-corrected chi connectivity index (χ3v) is 6.11. The maximum Gasteiger partial charge on any atom is 0.224 e. The van der Waals surface area contributed by atoms with Crippen molar-refractivity contribution in [1.82, 2.24) is 19.4 Å². The number of ether oxygens (including phenoxy) is 2. The smallest absolute Gasteiger partial charge is 0.224 e. The monoisotopic (exact) mass is 423 g/mol. The maximum absolute atomic E-state index is 12.6. The van der Waals surface area contributed by atoms with Gasteiger partial charge < -0.3 is 24.7 Å². The molecule has 1 fully saturated rings. The Morgan fingerprint density at radius 3 is 2.52 bits per heavy atom. The topological polar surface area (TPSA) is 95.5 Å². The van der Waals surface area contributed by atoms with Gasteiger partial charge in [-0.3, -0.25) is 9.78 Å². The highest BCUT2D eigenvalue weighted by Crippen LogP contribution is 2.36. The summed E-state index contributed by atoms with van der Waals surface area (Å²) in [6.45, 7) is 4.05. The molecule has 1 aliphatic rings. The number of anilines is 1. The lowest BCUT2D eigenvalue weighted by Gasteiger charge is -2.32. The third-order valence-electron chi connectivity index (χ3n) is 6.11. The number of aryl methyl sites for hydroxylation is 2. The van der Waals surface area contributed by atoms with Gasteiger partial charge in [0.1, 0.15) is 5.82 Å². The second-order valence-electron chi connectivity index (χ2n) is 7.94. The Morgan fingerprint density at radius 1 is 1.16 bits per heavy atom. The summed E-state index contributed by atoms with van der Waals surface area (Å²) in [5.41, 5.74) is 8.78. The van der Waals surface area contributed by atoms with Gasteiger partial charge in [-0.2, -0.15) is 0 Å². The maximum atomic E-state index is 12.6. The molecule has 0 unspecified atom stereocenters. The number of imidazole rings is 1. The van der Waals surface area contributed by atoms with E-state index in [0.717, 1.165) is 48.4 Å². The van der Waals surface area contributed by atoms with Crippen molar-refractivity contribution in [3.8, 4) is 11.5 Å². The summed E-state index contributed by atoms with van der Waals surface area (Å²) in [7, 11) is 3.23. The van der Waals surface area contributed by atoms with Gasteiger partial charge in [-0.25, -0.2) is 4.98 Å². The number of aromatic nitrogens is 3. The van der Waals surface area contributed by atoms with Crippen molar-refractivity contribution in [3.63, 3.8) is 0 Å². The van der Waals surface area contributed by atoms with E-state index in [2.05, 4.69) is 4.98 Å². The fourth-order valence-corrected chi connectivity index (χ4v) is 4.28. The molecule has 3 aromatic rings. The highest BCUT2D eigenvalue weighted by Gasteiger charge is 2.26. The number of nitrogens with zero attached hydrogens (tertiary/aromatic N) is 4. The third kappa shape index (κ3) is 4.28. The standard InChI is InChI=1S/C23H29N5O3/c1-15-25-7-11-27(15)10-6-22(29)28-8-4-16(5-9-28)23-18(24)12-17-13-20(30-2)21(31-3)14-19(17)26-23/h7,11-14,16H,4-6,8-10,24H2,1-3H3. The van der Waals surface area contributed by atoms with E-state index in [1.807, 2.05) is 40.8 Å². The number of fused-ring (bicyclic) bond motifs is 1. The number of likely N-dealkylation sites (tertiary alicyclic amines) is 1. The van der Waals surface area contributed by atoms with Crippen LogP contribution in [-0.2, 0) is 11.3 Å². The van der Waals surface area contributed by atoms with E-state index in [1.165, 1.54) is 0 Å². The Kier molecular flexibility index (Phi) is 5.97. The van der Waals surface area contributed by atoms with Crippen LogP contribution >= 0.6 is 0 Å². The quantitative estimate of drug-likeness (QED) is 0.654. The number of hydrogen-bond donors (Lipinski definition) is 1. The fraction of sp³-hybridized carbons (Fsp3) is 0.435. The van der Waals surface area contributed by atoms with Crippen LogP contribution in [0.15, 0.2) is 30.6 Å². The number of carbonyl (C=O) groups excluding carboxylic acids is 1. The number of benzene rings is 1. The van der Waals surface area contributed by atoms with E-state index in [0.29, 0.717) is 30.2 Å².